The van der Waals surface area contributed by atoms with Gasteiger partial charge in [0.15, 0.2) is 10.0 Å². The fraction of sp³-hybridized carbons (Fsp3) is 0.0714. The van der Waals surface area contributed by atoms with E-state index in [0.717, 1.165) is 43.7 Å². The summed E-state index contributed by atoms with van der Waals surface area (Å²) < 4.78 is 0. The van der Waals surface area contributed by atoms with E-state index >= 15 is 0 Å². The van der Waals surface area contributed by atoms with Gasteiger partial charge in [0.05, 0.1) is 24.6 Å². The van der Waals surface area contributed by atoms with Crippen molar-refractivity contribution in [3.8, 4) is 10.0 Å². The van der Waals surface area contributed by atoms with Crippen molar-refractivity contribution in [3.63, 3.8) is 0 Å². The zero-order valence-corrected chi connectivity index (χ0v) is 20.0. The van der Waals surface area contributed by atoms with Gasteiger partial charge >= 0.3 is 0 Å². The van der Waals surface area contributed by atoms with E-state index in [1.807, 2.05) is 108 Å². The van der Waals surface area contributed by atoms with Crippen LogP contribution in [-0.2, 0) is 0 Å². The van der Waals surface area contributed by atoms with E-state index in [4.69, 9.17) is 0 Å². The Morgan fingerprint density at radius 3 is 1.44 bits per heavy atom. The SMILES string of the molecule is OC/C(=C\C=C\c1ccccc1)c1csc(-c2nc(/C(=C/C=C/c3ccccc3)CO)cs2)n1. The van der Waals surface area contributed by atoms with Crippen LogP contribution in [0.25, 0.3) is 33.3 Å². The molecule has 0 atom stereocenters. The van der Waals surface area contributed by atoms with Crippen molar-refractivity contribution >= 4 is 46.0 Å². The molecule has 2 aromatic heterocycles. The molecule has 0 aliphatic rings. The Morgan fingerprint density at radius 1 is 0.647 bits per heavy atom. The highest BCUT2D eigenvalue weighted by Gasteiger charge is 2.13. The molecule has 0 spiro atoms. The van der Waals surface area contributed by atoms with E-state index in [-0.39, 0.29) is 13.2 Å². The summed E-state index contributed by atoms with van der Waals surface area (Å²) in [6.45, 7) is -0.201. The monoisotopic (exact) mass is 484 g/mol. The van der Waals surface area contributed by atoms with E-state index in [2.05, 4.69) is 9.97 Å². The van der Waals surface area contributed by atoms with E-state index in [1.54, 1.807) is 0 Å². The highest BCUT2D eigenvalue weighted by atomic mass is 32.1. The number of rotatable bonds is 9. The van der Waals surface area contributed by atoms with Gasteiger partial charge in [0, 0.05) is 21.9 Å². The zero-order valence-electron chi connectivity index (χ0n) is 18.4. The fourth-order valence-corrected chi connectivity index (χ4v) is 4.89. The van der Waals surface area contributed by atoms with Crippen LogP contribution < -0.4 is 0 Å². The Hall–Kier alpha value is -3.42. The zero-order chi connectivity index (χ0) is 23.6. The third-order valence-corrected chi connectivity index (χ3v) is 6.79. The van der Waals surface area contributed by atoms with Crippen LogP contribution in [0.15, 0.2) is 95.7 Å². The van der Waals surface area contributed by atoms with Crippen LogP contribution in [0, 0.1) is 0 Å². The molecule has 2 N–H and O–H groups in total. The summed E-state index contributed by atoms with van der Waals surface area (Å²) in [6, 6.07) is 20.0. The third-order valence-electron chi connectivity index (χ3n) is 4.96. The van der Waals surface area contributed by atoms with Crippen LogP contribution in [0.1, 0.15) is 22.5 Å². The van der Waals surface area contributed by atoms with Crippen LogP contribution in [0.4, 0.5) is 0 Å². The third kappa shape index (κ3) is 6.34. The minimum absolute atomic E-state index is 0.101. The number of allylic oxidation sites excluding steroid dienone is 4. The number of aliphatic hydroxyl groups excluding tert-OH is 2. The Morgan fingerprint density at radius 2 is 1.06 bits per heavy atom. The molecule has 0 aliphatic heterocycles. The second kappa shape index (κ2) is 12.2. The Kier molecular flexibility index (Phi) is 8.48. The topological polar surface area (TPSA) is 66.2 Å². The lowest BCUT2D eigenvalue weighted by molar-refractivity contribution is 0.349. The number of aliphatic hydroxyl groups is 2. The fourth-order valence-electron chi connectivity index (χ4n) is 3.16. The Bertz CT molecular complexity index is 1210. The quantitative estimate of drug-likeness (QED) is 0.268. The van der Waals surface area contributed by atoms with Gasteiger partial charge < -0.3 is 10.2 Å². The van der Waals surface area contributed by atoms with E-state index in [9.17, 15) is 10.2 Å². The lowest BCUT2D eigenvalue weighted by Crippen LogP contribution is -1.91. The van der Waals surface area contributed by atoms with Gasteiger partial charge in [-0.3, -0.25) is 0 Å². The van der Waals surface area contributed by atoms with Gasteiger partial charge in [-0.05, 0) is 11.1 Å². The molecule has 0 radical (unpaired) electrons. The van der Waals surface area contributed by atoms with Crippen molar-refractivity contribution in [1.82, 2.24) is 9.97 Å². The first-order chi connectivity index (χ1) is 16.8. The van der Waals surface area contributed by atoms with Crippen LogP contribution in [0.5, 0.6) is 0 Å². The average Bonchev–Trinajstić information content (AvgIpc) is 3.56. The van der Waals surface area contributed by atoms with Crippen LogP contribution in [0.3, 0.4) is 0 Å². The first-order valence-electron chi connectivity index (χ1n) is 10.8. The van der Waals surface area contributed by atoms with Crippen molar-refractivity contribution in [2.75, 3.05) is 13.2 Å². The number of hydrogen-bond acceptors (Lipinski definition) is 6. The van der Waals surface area contributed by atoms with Gasteiger partial charge in [-0.25, -0.2) is 9.97 Å². The first kappa shape index (κ1) is 23.7. The molecule has 2 aromatic carbocycles. The lowest BCUT2D eigenvalue weighted by atomic mass is 10.1. The summed E-state index contributed by atoms with van der Waals surface area (Å²) in [6.07, 6.45) is 11.6. The van der Waals surface area contributed by atoms with Gasteiger partial charge in [-0.2, -0.15) is 0 Å². The molecule has 0 fully saturated rings. The number of nitrogens with zero attached hydrogens (tertiary/aromatic N) is 2. The standard InChI is InChI=1S/C28H24N2O2S2/c31-17-23(15-7-13-21-9-3-1-4-10-21)25-19-33-27(29-25)28-30-26(20-34-28)24(18-32)16-8-14-22-11-5-2-6-12-22/h1-16,19-20,31-32H,17-18H2/b13-7+,14-8+,23-15+,24-16+. The van der Waals surface area contributed by atoms with Gasteiger partial charge in [0.2, 0.25) is 0 Å². The predicted octanol–water partition coefficient (Wildman–Crippen LogP) is 6.44. The molecule has 170 valence electrons. The van der Waals surface area contributed by atoms with Crippen molar-refractivity contribution in [2.45, 2.75) is 0 Å². The Balaban J connectivity index is 1.48. The maximum atomic E-state index is 9.84. The summed E-state index contributed by atoms with van der Waals surface area (Å²) in [7, 11) is 0. The molecule has 34 heavy (non-hydrogen) atoms. The maximum absolute atomic E-state index is 9.84. The molecule has 0 bridgehead atoms. The minimum atomic E-state index is -0.101. The summed E-state index contributed by atoms with van der Waals surface area (Å²) in [5, 5.41) is 25.1. The summed E-state index contributed by atoms with van der Waals surface area (Å²) in [4.78, 5) is 9.37. The number of thiazole rings is 2. The van der Waals surface area contributed by atoms with Crippen molar-refractivity contribution in [2.24, 2.45) is 0 Å². The van der Waals surface area contributed by atoms with E-state index < -0.39 is 0 Å². The molecule has 4 aromatic rings. The molecular weight excluding hydrogens is 460 g/mol. The van der Waals surface area contributed by atoms with Crippen LogP contribution >= 0.6 is 22.7 Å². The van der Waals surface area contributed by atoms with Gasteiger partial charge in [0.25, 0.3) is 0 Å². The molecule has 4 nitrogen and oxygen atoms in total. The molecule has 2 heterocycles. The number of benzene rings is 2. The van der Waals surface area contributed by atoms with Crippen molar-refractivity contribution < 1.29 is 10.2 Å². The van der Waals surface area contributed by atoms with E-state index in [1.165, 1.54) is 22.7 Å². The largest absolute Gasteiger partial charge is 0.392 e. The molecule has 0 saturated heterocycles. The normalized spacial score (nSPS) is 12.8. The van der Waals surface area contributed by atoms with Gasteiger partial charge in [0.1, 0.15) is 0 Å². The first-order valence-corrected chi connectivity index (χ1v) is 12.5. The van der Waals surface area contributed by atoms with Crippen molar-refractivity contribution in [1.29, 1.82) is 0 Å². The minimum Gasteiger partial charge on any atom is -0.392 e. The summed E-state index contributed by atoms with van der Waals surface area (Å²) >= 11 is 2.98. The molecule has 0 saturated carbocycles. The molecule has 6 heteroatoms. The molecule has 0 amide bonds. The second-order valence-electron chi connectivity index (χ2n) is 7.32. The lowest BCUT2D eigenvalue weighted by Gasteiger charge is -1.98. The molecular formula is C28H24N2O2S2. The summed E-state index contributed by atoms with van der Waals surface area (Å²) in [5.41, 5.74) is 5.15. The predicted molar refractivity (Wildman–Crippen MR) is 144 cm³/mol. The highest BCUT2D eigenvalue weighted by molar-refractivity contribution is 7.19. The smallest absolute Gasteiger partial charge is 0.152 e. The maximum Gasteiger partial charge on any atom is 0.152 e. The number of aromatic nitrogens is 2. The second-order valence-corrected chi connectivity index (χ2v) is 9.03. The van der Waals surface area contributed by atoms with Crippen LogP contribution in [0.2, 0.25) is 0 Å². The average molecular weight is 485 g/mol. The highest BCUT2D eigenvalue weighted by Crippen LogP contribution is 2.31. The van der Waals surface area contributed by atoms with Gasteiger partial charge in [-0.15, -0.1) is 22.7 Å². The summed E-state index contributed by atoms with van der Waals surface area (Å²) in [5.74, 6) is 0. The van der Waals surface area contributed by atoms with Crippen LogP contribution in [-0.4, -0.2) is 33.4 Å². The van der Waals surface area contributed by atoms with Crippen molar-refractivity contribution in [3.05, 3.63) is 118 Å². The van der Waals surface area contributed by atoms with Gasteiger partial charge in [-0.1, -0.05) is 97.1 Å². The molecule has 4 rings (SSSR count). The number of hydrogen-bond donors (Lipinski definition) is 2. The van der Waals surface area contributed by atoms with E-state index in [0.29, 0.717) is 0 Å². The molecule has 0 unspecified atom stereocenters. The Labute approximate surface area is 207 Å². The molecule has 0 aliphatic carbocycles.